The van der Waals surface area contributed by atoms with Crippen molar-refractivity contribution in [1.82, 2.24) is 15.2 Å². The minimum Gasteiger partial charge on any atom is -0.356 e. The zero-order valence-electron chi connectivity index (χ0n) is 17.9. The molecule has 0 radical (unpaired) electrons. The number of rotatable bonds is 5. The molecule has 2 bridgehead atoms. The van der Waals surface area contributed by atoms with E-state index >= 15 is 0 Å². The lowest BCUT2D eigenvalue weighted by Crippen LogP contribution is -2.60. The Morgan fingerprint density at radius 2 is 1.97 bits per heavy atom. The van der Waals surface area contributed by atoms with E-state index in [2.05, 4.69) is 32.2 Å². The summed E-state index contributed by atoms with van der Waals surface area (Å²) in [6.45, 7) is 3.37. The molecular formula is C25H30N4O2. The second-order valence-electron chi connectivity index (χ2n) is 9.17. The van der Waals surface area contributed by atoms with Crippen molar-refractivity contribution in [3.63, 3.8) is 0 Å². The van der Waals surface area contributed by atoms with Crippen molar-refractivity contribution in [2.24, 2.45) is 11.8 Å². The lowest BCUT2D eigenvalue weighted by molar-refractivity contribution is -0.142. The molecule has 2 aromatic rings. The number of benzene rings is 1. The van der Waals surface area contributed by atoms with Crippen molar-refractivity contribution in [3.8, 4) is 0 Å². The third kappa shape index (κ3) is 4.29. The summed E-state index contributed by atoms with van der Waals surface area (Å²) >= 11 is 0. The van der Waals surface area contributed by atoms with E-state index in [1.165, 1.54) is 12.0 Å². The Labute approximate surface area is 183 Å². The van der Waals surface area contributed by atoms with Crippen LogP contribution in [0.4, 0.5) is 5.82 Å². The number of nitrogens with one attached hydrogen (secondary N) is 1. The van der Waals surface area contributed by atoms with Gasteiger partial charge < -0.3 is 15.1 Å². The van der Waals surface area contributed by atoms with Crippen LogP contribution in [-0.4, -0.2) is 53.9 Å². The molecule has 0 aliphatic carbocycles. The Balaban J connectivity index is 1.18. The van der Waals surface area contributed by atoms with Gasteiger partial charge in [-0.05, 0) is 55.2 Å². The summed E-state index contributed by atoms with van der Waals surface area (Å²) in [6, 6.07) is 14.4. The highest BCUT2D eigenvalue weighted by molar-refractivity contribution is 5.94. The number of piperidine rings is 3. The molecule has 3 saturated heterocycles. The van der Waals surface area contributed by atoms with Crippen LogP contribution in [0.5, 0.6) is 0 Å². The van der Waals surface area contributed by atoms with E-state index in [0.717, 1.165) is 51.1 Å². The van der Waals surface area contributed by atoms with Crippen molar-refractivity contribution < 1.29 is 9.59 Å². The number of nitrogens with zero attached hydrogens (tertiary/aromatic N) is 3. The van der Waals surface area contributed by atoms with E-state index in [-0.39, 0.29) is 5.91 Å². The molecule has 5 rings (SSSR count). The monoisotopic (exact) mass is 418 g/mol. The second kappa shape index (κ2) is 8.69. The van der Waals surface area contributed by atoms with Crippen LogP contribution in [0.1, 0.15) is 41.6 Å². The Morgan fingerprint density at radius 1 is 1.10 bits per heavy atom. The first-order chi connectivity index (χ1) is 15.2. The van der Waals surface area contributed by atoms with E-state index < -0.39 is 0 Å². The lowest BCUT2D eigenvalue weighted by Gasteiger charge is -2.52. The number of pyridine rings is 1. The summed E-state index contributed by atoms with van der Waals surface area (Å²) in [5.74, 6) is 2.24. The molecule has 1 aromatic carbocycles. The van der Waals surface area contributed by atoms with Crippen molar-refractivity contribution in [3.05, 3.63) is 59.8 Å². The molecular weight excluding hydrogens is 388 g/mol. The molecule has 3 aliphatic rings. The van der Waals surface area contributed by atoms with Crippen LogP contribution in [0.2, 0.25) is 0 Å². The lowest BCUT2D eigenvalue weighted by atomic mass is 9.76. The molecule has 3 atom stereocenters. The van der Waals surface area contributed by atoms with Crippen molar-refractivity contribution in [2.75, 3.05) is 31.1 Å². The fourth-order valence-electron chi connectivity index (χ4n) is 5.57. The summed E-state index contributed by atoms with van der Waals surface area (Å²) in [4.78, 5) is 33.9. The maximum Gasteiger partial charge on any atom is 0.252 e. The van der Waals surface area contributed by atoms with Gasteiger partial charge in [0.1, 0.15) is 5.82 Å². The third-order valence-corrected chi connectivity index (χ3v) is 7.06. The number of carbonyl (C=O) groups is 2. The van der Waals surface area contributed by atoms with E-state index in [1.807, 2.05) is 30.3 Å². The molecule has 1 N–H and O–H groups in total. The maximum absolute atomic E-state index is 12.5. The van der Waals surface area contributed by atoms with Gasteiger partial charge in [0, 0.05) is 44.8 Å². The van der Waals surface area contributed by atoms with E-state index in [1.54, 1.807) is 6.20 Å². The largest absolute Gasteiger partial charge is 0.356 e. The first-order valence-electron chi connectivity index (χ1n) is 11.5. The van der Waals surface area contributed by atoms with Crippen LogP contribution in [0.3, 0.4) is 0 Å². The molecule has 0 unspecified atom stereocenters. The smallest absolute Gasteiger partial charge is 0.252 e. The average Bonchev–Trinajstić information content (AvgIpc) is 2.80. The highest BCUT2D eigenvalue weighted by Gasteiger charge is 2.44. The quantitative estimate of drug-likeness (QED) is 0.811. The molecule has 3 fully saturated rings. The second-order valence-corrected chi connectivity index (χ2v) is 9.17. The fourth-order valence-corrected chi connectivity index (χ4v) is 5.57. The average molecular weight is 419 g/mol. The van der Waals surface area contributed by atoms with Gasteiger partial charge in [-0.25, -0.2) is 4.98 Å². The Hall–Kier alpha value is -2.89. The van der Waals surface area contributed by atoms with Gasteiger partial charge in [0.05, 0.1) is 5.56 Å². The number of carbonyl (C=O) groups excluding carboxylic acids is 2. The predicted molar refractivity (Wildman–Crippen MR) is 120 cm³/mol. The molecule has 2 amide bonds. The summed E-state index contributed by atoms with van der Waals surface area (Å²) in [7, 11) is 0. The van der Waals surface area contributed by atoms with Crippen molar-refractivity contribution in [2.45, 2.75) is 38.1 Å². The van der Waals surface area contributed by atoms with E-state index in [4.69, 9.17) is 0 Å². The zero-order chi connectivity index (χ0) is 21.2. The summed E-state index contributed by atoms with van der Waals surface area (Å²) in [6.07, 6.45) is 6.59. The van der Waals surface area contributed by atoms with Gasteiger partial charge in [0.2, 0.25) is 5.91 Å². The van der Waals surface area contributed by atoms with Crippen LogP contribution >= 0.6 is 0 Å². The van der Waals surface area contributed by atoms with E-state index in [9.17, 15) is 9.59 Å². The Kier molecular flexibility index (Phi) is 5.62. The first-order valence-corrected chi connectivity index (χ1v) is 11.5. The number of hydrogen-bond donors (Lipinski definition) is 1. The normalized spacial score (nSPS) is 25.2. The number of hydrogen-bond acceptors (Lipinski definition) is 4. The molecule has 3 aliphatic heterocycles. The highest BCUT2D eigenvalue weighted by atomic mass is 16.2. The van der Waals surface area contributed by atoms with Gasteiger partial charge in [0.15, 0.2) is 0 Å². The molecule has 0 saturated carbocycles. The minimum absolute atomic E-state index is 0.0816. The van der Waals surface area contributed by atoms with Crippen molar-refractivity contribution in [1.29, 1.82) is 0 Å². The summed E-state index contributed by atoms with van der Waals surface area (Å²) in [5, 5.41) is 2.98. The maximum atomic E-state index is 12.5. The van der Waals surface area contributed by atoms with Gasteiger partial charge in [0.25, 0.3) is 5.91 Å². The zero-order valence-corrected chi connectivity index (χ0v) is 17.9. The first kappa shape index (κ1) is 20.0. The number of anilines is 1. The van der Waals surface area contributed by atoms with Gasteiger partial charge in [-0.2, -0.15) is 0 Å². The van der Waals surface area contributed by atoms with Gasteiger partial charge in [-0.15, -0.1) is 0 Å². The summed E-state index contributed by atoms with van der Waals surface area (Å²) < 4.78 is 0. The minimum atomic E-state index is -0.0816. The standard InChI is InChI=1S/C25H30N4O2/c30-24-8-4-7-22-21-13-19(16-29(22)24)15-28(17-21)23-10-9-20(14-27-23)25(31)26-12-11-18-5-2-1-3-6-18/h1-3,5-6,9-10,14,19,21-22H,4,7-8,11-13,15-17H2,(H,26,31)/t19-,21-,22-/m1/s1. The fraction of sp³-hybridized carbons (Fsp3) is 0.480. The number of amides is 2. The van der Waals surface area contributed by atoms with Gasteiger partial charge in [-0.1, -0.05) is 30.3 Å². The molecule has 6 nitrogen and oxygen atoms in total. The van der Waals surface area contributed by atoms with Gasteiger partial charge >= 0.3 is 0 Å². The Morgan fingerprint density at radius 3 is 2.77 bits per heavy atom. The number of fused-ring (bicyclic) bond motifs is 4. The molecule has 4 heterocycles. The van der Waals surface area contributed by atoms with E-state index in [0.29, 0.717) is 35.9 Å². The van der Waals surface area contributed by atoms with Crippen LogP contribution in [0, 0.1) is 11.8 Å². The molecule has 31 heavy (non-hydrogen) atoms. The van der Waals surface area contributed by atoms with Crippen LogP contribution in [-0.2, 0) is 11.2 Å². The summed E-state index contributed by atoms with van der Waals surface area (Å²) in [5.41, 5.74) is 1.81. The SMILES string of the molecule is O=C(NCCc1ccccc1)c1ccc(N2C[C@H]3C[C@H](C2)[C@H]2CCCC(=O)N2C3)nc1. The van der Waals surface area contributed by atoms with Crippen LogP contribution in [0.15, 0.2) is 48.7 Å². The molecule has 6 heteroatoms. The van der Waals surface area contributed by atoms with Crippen molar-refractivity contribution >= 4 is 17.6 Å². The third-order valence-electron chi connectivity index (χ3n) is 7.06. The highest BCUT2D eigenvalue weighted by Crippen LogP contribution is 2.38. The molecule has 162 valence electrons. The molecule has 1 aromatic heterocycles. The van der Waals surface area contributed by atoms with Crippen LogP contribution in [0.25, 0.3) is 0 Å². The topological polar surface area (TPSA) is 65.5 Å². The predicted octanol–water partition coefficient (Wildman–Crippen LogP) is 2.89. The molecule has 0 spiro atoms. The Bertz CT molecular complexity index is 930. The number of aromatic nitrogens is 1. The van der Waals surface area contributed by atoms with Gasteiger partial charge in [-0.3, -0.25) is 9.59 Å². The van der Waals surface area contributed by atoms with Crippen LogP contribution < -0.4 is 10.2 Å².